The molecule has 128 valence electrons. The van der Waals surface area contributed by atoms with Crippen LogP contribution in [0.4, 0.5) is 5.13 Å². The lowest BCUT2D eigenvalue weighted by atomic mass is 9.85. The molecule has 24 heavy (non-hydrogen) atoms. The summed E-state index contributed by atoms with van der Waals surface area (Å²) in [5.41, 5.74) is 1.05. The van der Waals surface area contributed by atoms with Crippen LogP contribution in [0, 0.1) is 11.8 Å². The van der Waals surface area contributed by atoms with E-state index in [0.29, 0.717) is 11.7 Å². The molecule has 1 N–H and O–H groups in total. The quantitative estimate of drug-likeness (QED) is 0.856. The van der Waals surface area contributed by atoms with E-state index in [1.165, 1.54) is 11.3 Å². The first kappa shape index (κ1) is 15.8. The predicted molar refractivity (Wildman–Crippen MR) is 93.7 cm³/mol. The third-order valence-electron chi connectivity index (χ3n) is 5.37. The summed E-state index contributed by atoms with van der Waals surface area (Å²) in [5, 5.41) is 3.67. The van der Waals surface area contributed by atoms with Gasteiger partial charge in [-0.15, -0.1) is 0 Å². The molecule has 5 nitrogen and oxygen atoms in total. The first-order valence-corrected chi connectivity index (χ1v) is 9.75. The fraction of sp³-hybridized carbons (Fsp3) is 0.611. The van der Waals surface area contributed by atoms with Crippen molar-refractivity contribution in [2.75, 3.05) is 11.9 Å². The number of thiazole rings is 1. The molecule has 1 fully saturated rings. The van der Waals surface area contributed by atoms with E-state index in [1.54, 1.807) is 0 Å². The number of amides is 2. The Morgan fingerprint density at radius 3 is 2.79 bits per heavy atom. The van der Waals surface area contributed by atoms with Crippen molar-refractivity contribution in [2.45, 2.75) is 51.5 Å². The van der Waals surface area contributed by atoms with Crippen molar-refractivity contribution in [1.29, 1.82) is 0 Å². The number of nitrogens with one attached hydrogen (secondary N) is 1. The highest BCUT2D eigenvalue weighted by atomic mass is 32.1. The largest absolute Gasteiger partial charge is 0.337 e. The van der Waals surface area contributed by atoms with Crippen LogP contribution >= 0.6 is 11.3 Å². The van der Waals surface area contributed by atoms with Gasteiger partial charge in [0.05, 0.1) is 12.2 Å². The molecule has 0 aromatic carbocycles. The van der Waals surface area contributed by atoms with Crippen molar-refractivity contribution >= 4 is 28.3 Å². The van der Waals surface area contributed by atoms with Gasteiger partial charge in [0.15, 0.2) is 5.13 Å². The van der Waals surface area contributed by atoms with E-state index in [9.17, 15) is 9.59 Å². The number of rotatable bonds is 3. The van der Waals surface area contributed by atoms with Gasteiger partial charge < -0.3 is 10.2 Å². The Balaban J connectivity index is 1.40. The van der Waals surface area contributed by atoms with Crippen molar-refractivity contribution in [3.05, 3.63) is 22.7 Å². The average molecular weight is 345 g/mol. The lowest BCUT2D eigenvalue weighted by Gasteiger charge is -2.30. The molecule has 2 heterocycles. The molecular formula is C18H23N3O2S. The first-order valence-electron chi connectivity index (χ1n) is 8.94. The third kappa shape index (κ3) is 3.11. The maximum atomic E-state index is 12.7. The van der Waals surface area contributed by atoms with Crippen LogP contribution in [0.15, 0.2) is 12.2 Å². The molecule has 1 saturated carbocycles. The van der Waals surface area contributed by atoms with E-state index >= 15 is 0 Å². The second kappa shape index (κ2) is 6.67. The van der Waals surface area contributed by atoms with Crippen molar-refractivity contribution < 1.29 is 9.59 Å². The van der Waals surface area contributed by atoms with E-state index < -0.39 is 0 Å². The number of fused-ring (bicyclic) bond motifs is 1. The molecule has 2 amide bonds. The van der Waals surface area contributed by atoms with Crippen LogP contribution in [-0.4, -0.2) is 28.2 Å². The van der Waals surface area contributed by atoms with Gasteiger partial charge in [-0.2, -0.15) is 0 Å². The highest BCUT2D eigenvalue weighted by molar-refractivity contribution is 7.15. The summed E-state index contributed by atoms with van der Waals surface area (Å²) in [4.78, 5) is 32.4. The first-order chi connectivity index (χ1) is 11.7. The van der Waals surface area contributed by atoms with Gasteiger partial charge in [0.1, 0.15) is 0 Å². The average Bonchev–Trinajstić information content (AvgIpc) is 2.94. The summed E-state index contributed by atoms with van der Waals surface area (Å²) in [6, 6.07) is 0. The number of hydrogen-bond donors (Lipinski definition) is 1. The van der Waals surface area contributed by atoms with Gasteiger partial charge in [-0.3, -0.25) is 9.59 Å². The number of nitrogens with zero attached hydrogens (tertiary/aromatic N) is 2. The van der Waals surface area contributed by atoms with Crippen LogP contribution in [-0.2, 0) is 22.6 Å². The van der Waals surface area contributed by atoms with Gasteiger partial charge >= 0.3 is 0 Å². The topological polar surface area (TPSA) is 62.3 Å². The molecule has 2 aliphatic carbocycles. The molecule has 4 rings (SSSR count). The Labute approximate surface area is 146 Å². The van der Waals surface area contributed by atoms with Crippen molar-refractivity contribution in [2.24, 2.45) is 11.8 Å². The summed E-state index contributed by atoms with van der Waals surface area (Å²) in [7, 11) is 0. The number of carbonyl (C=O) groups excluding carboxylic acids is 2. The zero-order chi connectivity index (χ0) is 16.5. The molecule has 0 bridgehead atoms. The minimum atomic E-state index is 0.106. The molecular weight excluding hydrogens is 322 g/mol. The number of aromatic nitrogens is 1. The second-order valence-electron chi connectivity index (χ2n) is 7.00. The van der Waals surface area contributed by atoms with E-state index in [-0.39, 0.29) is 23.7 Å². The van der Waals surface area contributed by atoms with E-state index in [0.717, 1.165) is 62.1 Å². The lowest BCUT2D eigenvalue weighted by molar-refractivity contribution is -0.136. The molecule has 1 aromatic rings. The zero-order valence-corrected chi connectivity index (χ0v) is 14.6. The standard InChI is InChI=1S/C18H23N3O2S/c22-16(12-7-4-8-12)20-18-19-14-9-10-21(11-15(14)24-18)17(23)13-5-2-1-3-6-13/h1-2,12-13H,3-11H2,(H,19,20,22). The summed E-state index contributed by atoms with van der Waals surface area (Å²) in [5.74, 6) is 0.693. The minimum Gasteiger partial charge on any atom is -0.337 e. The smallest absolute Gasteiger partial charge is 0.229 e. The second-order valence-corrected chi connectivity index (χ2v) is 8.08. The monoisotopic (exact) mass is 345 g/mol. The van der Waals surface area contributed by atoms with Crippen LogP contribution in [0.5, 0.6) is 0 Å². The normalized spacial score (nSPS) is 23.5. The third-order valence-corrected chi connectivity index (χ3v) is 6.37. The van der Waals surface area contributed by atoms with Crippen LogP contribution in [0.2, 0.25) is 0 Å². The van der Waals surface area contributed by atoms with E-state index in [4.69, 9.17) is 0 Å². The van der Waals surface area contributed by atoms with Gasteiger partial charge in [0.25, 0.3) is 0 Å². The maximum absolute atomic E-state index is 12.7. The highest BCUT2D eigenvalue weighted by Gasteiger charge is 2.30. The Hall–Kier alpha value is -1.69. The minimum absolute atomic E-state index is 0.106. The summed E-state index contributed by atoms with van der Waals surface area (Å²) in [6.45, 7) is 1.39. The van der Waals surface area contributed by atoms with Gasteiger partial charge in [-0.1, -0.05) is 29.9 Å². The molecule has 1 aliphatic heterocycles. The zero-order valence-electron chi connectivity index (χ0n) is 13.8. The lowest BCUT2D eigenvalue weighted by Crippen LogP contribution is -2.39. The van der Waals surface area contributed by atoms with Crippen LogP contribution in [0.1, 0.15) is 49.1 Å². The van der Waals surface area contributed by atoms with Crippen LogP contribution in [0.25, 0.3) is 0 Å². The van der Waals surface area contributed by atoms with Crippen LogP contribution < -0.4 is 5.32 Å². The van der Waals surface area contributed by atoms with Crippen molar-refractivity contribution in [1.82, 2.24) is 9.88 Å². The van der Waals surface area contributed by atoms with Gasteiger partial charge in [0.2, 0.25) is 11.8 Å². The Morgan fingerprint density at radius 2 is 2.08 bits per heavy atom. The molecule has 1 unspecified atom stereocenters. The molecule has 0 spiro atoms. The number of allylic oxidation sites excluding steroid dienone is 2. The van der Waals surface area contributed by atoms with Crippen LogP contribution in [0.3, 0.4) is 0 Å². The number of carbonyl (C=O) groups is 2. The number of hydrogen-bond acceptors (Lipinski definition) is 4. The maximum Gasteiger partial charge on any atom is 0.229 e. The highest BCUT2D eigenvalue weighted by Crippen LogP contribution is 2.32. The molecule has 3 aliphatic rings. The SMILES string of the molecule is O=C(Nc1nc2c(s1)CN(C(=O)C1CC=CCC1)CC2)C1CCC1. The van der Waals surface area contributed by atoms with Crippen molar-refractivity contribution in [3.63, 3.8) is 0 Å². The Kier molecular flexibility index (Phi) is 4.39. The van der Waals surface area contributed by atoms with Gasteiger partial charge in [-0.05, 0) is 32.1 Å². The fourth-order valence-electron chi connectivity index (χ4n) is 3.59. The number of anilines is 1. The Bertz CT molecular complexity index is 678. The fourth-order valence-corrected chi connectivity index (χ4v) is 4.62. The summed E-state index contributed by atoms with van der Waals surface area (Å²) >= 11 is 1.53. The molecule has 6 heteroatoms. The summed E-state index contributed by atoms with van der Waals surface area (Å²) in [6.07, 6.45) is 11.1. The van der Waals surface area contributed by atoms with Gasteiger partial charge in [-0.25, -0.2) is 4.98 Å². The predicted octanol–water partition coefficient (Wildman–Crippen LogP) is 3.12. The molecule has 0 saturated heterocycles. The molecule has 1 atom stereocenters. The Morgan fingerprint density at radius 1 is 1.21 bits per heavy atom. The van der Waals surface area contributed by atoms with E-state index in [1.807, 2.05) is 4.90 Å². The summed E-state index contributed by atoms with van der Waals surface area (Å²) < 4.78 is 0. The molecule has 0 radical (unpaired) electrons. The molecule has 1 aromatic heterocycles. The van der Waals surface area contributed by atoms with Gasteiger partial charge in [0, 0.05) is 29.7 Å². The van der Waals surface area contributed by atoms with Crippen molar-refractivity contribution in [3.8, 4) is 0 Å². The van der Waals surface area contributed by atoms with E-state index in [2.05, 4.69) is 22.5 Å².